The average molecular weight is 419 g/mol. The molecule has 0 radical (unpaired) electrons. The molecule has 1 aliphatic rings. The van der Waals surface area contributed by atoms with Gasteiger partial charge in [-0.15, -0.1) is 24.0 Å². The molecule has 0 saturated heterocycles. The molecule has 0 aromatic carbocycles. The summed E-state index contributed by atoms with van der Waals surface area (Å²) in [5.41, 5.74) is 0.496. The molecule has 1 aromatic heterocycles. The minimum atomic E-state index is 0. The maximum Gasteiger partial charge on any atom is 0.191 e. The van der Waals surface area contributed by atoms with Gasteiger partial charge in [0, 0.05) is 39.1 Å². The van der Waals surface area contributed by atoms with Crippen LogP contribution in [0.15, 0.2) is 23.7 Å². The lowest BCUT2D eigenvalue weighted by Crippen LogP contribution is -2.47. The second-order valence-corrected chi connectivity index (χ2v) is 6.60. The number of imidazole rings is 1. The van der Waals surface area contributed by atoms with Gasteiger partial charge < -0.3 is 15.2 Å². The van der Waals surface area contributed by atoms with Crippen molar-refractivity contribution < 1.29 is 0 Å². The van der Waals surface area contributed by atoms with Gasteiger partial charge in [0.2, 0.25) is 0 Å². The summed E-state index contributed by atoms with van der Waals surface area (Å²) in [5, 5.41) is 6.88. The Kier molecular flexibility index (Phi) is 8.20. The molecule has 2 N–H and O–H groups in total. The maximum absolute atomic E-state index is 4.32. The number of aromatic nitrogens is 2. The highest BCUT2D eigenvalue weighted by atomic mass is 127. The van der Waals surface area contributed by atoms with Gasteiger partial charge in [-0.2, -0.15) is 0 Å². The summed E-state index contributed by atoms with van der Waals surface area (Å²) in [5.74, 6) is 1.67. The Balaban J connectivity index is 0.00000242. The predicted molar refractivity (Wildman–Crippen MR) is 103 cm³/mol. The number of aliphatic imine (C=N–C) groups is 1. The van der Waals surface area contributed by atoms with E-state index in [1.165, 1.54) is 25.7 Å². The second kappa shape index (κ2) is 9.37. The van der Waals surface area contributed by atoms with Crippen LogP contribution < -0.4 is 10.6 Å². The highest BCUT2D eigenvalue weighted by Gasteiger charge is 2.37. The van der Waals surface area contributed by atoms with E-state index in [1.807, 2.05) is 19.6 Å². The zero-order chi connectivity index (χ0) is 15.1. The molecule has 2 rings (SSSR count). The van der Waals surface area contributed by atoms with E-state index < -0.39 is 0 Å². The molecule has 0 unspecified atom stereocenters. The number of hydrogen-bond donors (Lipinski definition) is 2. The number of hydrogen-bond acceptors (Lipinski definition) is 2. The summed E-state index contributed by atoms with van der Waals surface area (Å²) in [6.45, 7) is 7.43. The smallest absolute Gasteiger partial charge is 0.191 e. The van der Waals surface area contributed by atoms with E-state index in [0.717, 1.165) is 31.5 Å². The lowest BCUT2D eigenvalue weighted by Gasteiger charge is -2.43. The number of rotatable bonds is 7. The molecule has 1 aromatic rings. The highest BCUT2D eigenvalue weighted by Crippen LogP contribution is 2.45. The zero-order valence-corrected chi connectivity index (χ0v) is 16.3. The summed E-state index contributed by atoms with van der Waals surface area (Å²) in [6.07, 6.45) is 11.0. The van der Waals surface area contributed by atoms with E-state index in [4.69, 9.17) is 0 Å². The fourth-order valence-corrected chi connectivity index (χ4v) is 3.21. The van der Waals surface area contributed by atoms with E-state index >= 15 is 0 Å². The SMILES string of the molecule is CN=C(NCCn1ccnc1)NCC1(CC(C)C)CCC1.I. The predicted octanol–water partition coefficient (Wildman–Crippen LogP) is 2.88. The lowest BCUT2D eigenvalue weighted by atomic mass is 9.64. The molecule has 0 spiro atoms. The lowest BCUT2D eigenvalue weighted by molar-refractivity contribution is 0.104. The maximum atomic E-state index is 4.32. The molecule has 0 bridgehead atoms. The number of halogens is 1. The van der Waals surface area contributed by atoms with E-state index in [1.54, 1.807) is 6.20 Å². The van der Waals surface area contributed by atoms with Crippen molar-refractivity contribution in [3.63, 3.8) is 0 Å². The first kappa shape index (κ1) is 19.3. The third-order valence-electron chi connectivity index (χ3n) is 4.33. The Morgan fingerprint density at radius 3 is 2.64 bits per heavy atom. The summed E-state index contributed by atoms with van der Waals surface area (Å²) in [7, 11) is 1.84. The van der Waals surface area contributed by atoms with Crippen LogP contribution >= 0.6 is 24.0 Å². The number of guanidine groups is 1. The molecule has 0 atom stereocenters. The van der Waals surface area contributed by atoms with Gasteiger partial charge in [-0.05, 0) is 30.6 Å². The first-order chi connectivity index (χ1) is 10.1. The molecular weight excluding hydrogens is 389 g/mol. The van der Waals surface area contributed by atoms with Crippen molar-refractivity contribution in [1.82, 2.24) is 20.2 Å². The van der Waals surface area contributed by atoms with Gasteiger partial charge in [-0.3, -0.25) is 4.99 Å². The van der Waals surface area contributed by atoms with E-state index in [0.29, 0.717) is 5.41 Å². The molecule has 1 fully saturated rings. The van der Waals surface area contributed by atoms with Crippen molar-refractivity contribution >= 4 is 29.9 Å². The van der Waals surface area contributed by atoms with Crippen LogP contribution in [0.5, 0.6) is 0 Å². The molecule has 6 heteroatoms. The van der Waals surface area contributed by atoms with Gasteiger partial charge in [0.15, 0.2) is 5.96 Å². The van der Waals surface area contributed by atoms with Gasteiger partial charge in [0.25, 0.3) is 0 Å². The Bertz CT molecular complexity index is 437. The average Bonchev–Trinajstić information content (AvgIpc) is 2.92. The van der Waals surface area contributed by atoms with Gasteiger partial charge in [-0.1, -0.05) is 20.3 Å². The molecule has 1 saturated carbocycles. The van der Waals surface area contributed by atoms with Gasteiger partial charge in [0.05, 0.1) is 6.33 Å². The van der Waals surface area contributed by atoms with Crippen LogP contribution in [0.1, 0.15) is 39.5 Å². The van der Waals surface area contributed by atoms with Crippen LogP contribution in [0.25, 0.3) is 0 Å². The summed E-state index contributed by atoms with van der Waals surface area (Å²) >= 11 is 0. The summed E-state index contributed by atoms with van der Waals surface area (Å²) < 4.78 is 2.06. The van der Waals surface area contributed by atoms with Crippen molar-refractivity contribution in [3.8, 4) is 0 Å². The van der Waals surface area contributed by atoms with Crippen LogP contribution in [0, 0.1) is 11.3 Å². The minimum Gasteiger partial charge on any atom is -0.356 e. The summed E-state index contributed by atoms with van der Waals surface area (Å²) in [4.78, 5) is 8.36. The van der Waals surface area contributed by atoms with Crippen LogP contribution in [0.2, 0.25) is 0 Å². The fourth-order valence-electron chi connectivity index (χ4n) is 3.21. The highest BCUT2D eigenvalue weighted by molar-refractivity contribution is 14.0. The monoisotopic (exact) mass is 419 g/mol. The largest absolute Gasteiger partial charge is 0.356 e. The molecule has 1 heterocycles. The number of nitrogens with zero attached hydrogens (tertiary/aromatic N) is 3. The van der Waals surface area contributed by atoms with Crippen molar-refractivity contribution in [2.75, 3.05) is 20.1 Å². The van der Waals surface area contributed by atoms with E-state index in [2.05, 4.69) is 39.0 Å². The van der Waals surface area contributed by atoms with Crippen LogP contribution in [0.4, 0.5) is 0 Å². The van der Waals surface area contributed by atoms with Crippen LogP contribution in [-0.4, -0.2) is 35.6 Å². The van der Waals surface area contributed by atoms with Gasteiger partial charge >= 0.3 is 0 Å². The van der Waals surface area contributed by atoms with Crippen molar-refractivity contribution in [3.05, 3.63) is 18.7 Å². The molecule has 5 nitrogen and oxygen atoms in total. The topological polar surface area (TPSA) is 54.2 Å². The minimum absolute atomic E-state index is 0. The van der Waals surface area contributed by atoms with E-state index in [9.17, 15) is 0 Å². The molecule has 0 aliphatic heterocycles. The van der Waals surface area contributed by atoms with Gasteiger partial charge in [-0.25, -0.2) is 4.98 Å². The molecule has 1 aliphatic carbocycles. The molecule has 22 heavy (non-hydrogen) atoms. The van der Waals surface area contributed by atoms with Crippen LogP contribution in [0.3, 0.4) is 0 Å². The first-order valence-corrected chi connectivity index (χ1v) is 8.04. The first-order valence-electron chi connectivity index (χ1n) is 8.04. The third-order valence-corrected chi connectivity index (χ3v) is 4.33. The second-order valence-electron chi connectivity index (χ2n) is 6.60. The third kappa shape index (κ3) is 5.78. The van der Waals surface area contributed by atoms with Gasteiger partial charge in [0.1, 0.15) is 0 Å². The quantitative estimate of drug-likeness (QED) is 0.406. The van der Waals surface area contributed by atoms with Crippen molar-refractivity contribution in [1.29, 1.82) is 0 Å². The Morgan fingerprint density at radius 2 is 2.14 bits per heavy atom. The molecule has 0 amide bonds. The van der Waals surface area contributed by atoms with Crippen LogP contribution in [-0.2, 0) is 6.54 Å². The Morgan fingerprint density at radius 1 is 1.36 bits per heavy atom. The molecular formula is C16H30IN5. The zero-order valence-electron chi connectivity index (χ0n) is 14.0. The normalized spacial score (nSPS) is 16.8. The Hall–Kier alpha value is -0.790. The number of nitrogens with one attached hydrogen (secondary N) is 2. The van der Waals surface area contributed by atoms with Crippen molar-refractivity contribution in [2.24, 2.45) is 16.3 Å². The van der Waals surface area contributed by atoms with E-state index in [-0.39, 0.29) is 24.0 Å². The standard InChI is InChI=1S/C16H29N5.HI/c1-14(2)11-16(5-4-6-16)12-20-15(17-3)19-8-10-21-9-7-18-13-21;/h7,9,13-14H,4-6,8,10-12H2,1-3H3,(H2,17,19,20);1H. The Labute approximate surface area is 151 Å². The fraction of sp³-hybridized carbons (Fsp3) is 0.750. The summed E-state index contributed by atoms with van der Waals surface area (Å²) in [6, 6.07) is 0. The van der Waals surface area contributed by atoms with Crippen molar-refractivity contribution in [2.45, 2.75) is 46.1 Å². The molecule has 126 valence electrons.